The molecule has 0 heterocycles. The normalized spacial score (nSPS) is 14.3. The van der Waals surface area contributed by atoms with Crippen molar-refractivity contribution in [1.29, 1.82) is 0 Å². The molecule has 0 aliphatic heterocycles. The molecule has 1 aliphatic carbocycles. The highest BCUT2D eigenvalue weighted by Crippen LogP contribution is 2.28. The van der Waals surface area contributed by atoms with Crippen LogP contribution in [-0.2, 0) is 9.59 Å². The number of ether oxygens (including phenoxy) is 1. The molecule has 0 aromatic heterocycles. The maximum atomic E-state index is 11.3. The van der Waals surface area contributed by atoms with Crippen LogP contribution in [0.4, 0.5) is 0 Å². The van der Waals surface area contributed by atoms with Crippen LogP contribution >= 0.6 is 0 Å². The summed E-state index contributed by atoms with van der Waals surface area (Å²) in [6.07, 6.45) is 3.41. The zero-order chi connectivity index (χ0) is 13.7. The number of carbonyl (C=O) groups excluding carboxylic acids is 1. The second-order valence-corrected chi connectivity index (χ2v) is 4.26. The molecule has 0 bridgehead atoms. The molecule has 1 aromatic rings. The van der Waals surface area contributed by atoms with Gasteiger partial charge in [0.25, 0.3) is 0 Å². The second-order valence-electron chi connectivity index (χ2n) is 4.26. The average Bonchev–Trinajstić information content (AvgIpc) is 3.22. The third kappa shape index (κ3) is 4.42. The first-order valence-electron chi connectivity index (χ1n) is 5.93. The van der Waals surface area contributed by atoms with Crippen molar-refractivity contribution in [1.82, 2.24) is 5.43 Å². The fourth-order valence-corrected chi connectivity index (χ4v) is 1.40. The van der Waals surface area contributed by atoms with Gasteiger partial charge in [-0.3, -0.25) is 4.79 Å². The third-order valence-corrected chi connectivity index (χ3v) is 2.58. The van der Waals surface area contributed by atoms with E-state index in [1.807, 2.05) is 0 Å². The minimum Gasteiger partial charge on any atom is -0.482 e. The van der Waals surface area contributed by atoms with Gasteiger partial charge < -0.3 is 9.84 Å². The molecule has 19 heavy (non-hydrogen) atoms. The lowest BCUT2D eigenvalue weighted by Crippen LogP contribution is -2.18. The Morgan fingerprint density at radius 1 is 1.37 bits per heavy atom. The van der Waals surface area contributed by atoms with Crippen LogP contribution in [0, 0.1) is 5.92 Å². The molecule has 6 nitrogen and oxygen atoms in total. The predicted octanol–water partition coefficient (Wildman–Crippen LogP) is 1.01. The fourth-order valence-electron chi connectivity index (χ4n) is 1.40. The highest BCUT2D eigenvalue weighted by Gasteiger charge is 2.29. The number of carbonyl (C=O) groups is 2. The summed E-state index contributed by atoms with van der Waals surface area (Å²) < 4.78 is 4.99. The molecule has 2 rings (SSSR count). The molecule has 0 unspecified atom stereocenters. The van der Waals surface area contributed by atoms with Crippen LogP contribution in [0.1, 0.15) is 18.4 Å². The molecular formula is C13H14N2O4. The third-order valence-electron chi connectivity index (χ3n) is 2.58. The van der Waals surface area contributed by atoms with Crippen molar-refractivity contribution >= 4 is 18.1 Å². The van der Waals surface area contributed by atoms with Gasteiger partial charge in [-0.05, 0) is 42.7 Å². The summed E-state index contributed by atoms with van der Waals surface area (Å²) in [5.41, 5.74) is 3.26. The molecule has 0 radical (unpaired) electrons. The van der Waals surface area contributed by atoms with E-state index in [4.69, 9.17) is 9.84 Å². The van der Waals surface area contributed by atoms with Gasteiger partial charge in [0.05, 0.1) is 6.21 Å². The number of nitrogens with zero attached hydrogens (tertiary/aromatic N) is 1. The van der Waals surface area contributed by atoms with E-state index in [0.29, 0.717) is 5.75 Å². The van der Waals surface area contributed by atoms with Crippen molar-refractivity contribution in [2.75, 3.05) is 6.61 Å². The number of amides is 1. The molecule has 2 N–H and O–H groups in total. The van der Waals surface area contributed by atoms with E-state index in [0.717, 1.165) is 18.4 Å². The van der Waals surface area contributed by atoms with Gasteiger partial charge in [0.1, 0.15) is 5.75 Å². The largest absolute Gasteiger partial charge is 0.482 e. The van der Waals surface area contributed by atoms with Crippen LogP contribution in [-0.4, -0.2) is 29.8 Å². The van der Waals surface area contributed by atoms with Crippen LogP contribution in [0.25, 0.3) is 0 Å². The Hall–Kier alpha value is -2.37. The summed E-state index contributed by atoms with van der Waals surface area (Å²) in [5, 5.41) is 12.3. The fraction of sp³-hybridized carbons (Fsp3) is 0.308. The second kappa shape index (κ2) is 5.99. The smallest absolute Gasteiger partial charge is 0.341 e. The molecule has 0 atom stereocenters. The SMILES string of the molecule is O=C(O)COc1ccc(/C=N\NC(=O)C2CC2)cc1. The lowest BCUT2D eigenvalue weighted by Gasteiger charge is -2.02. The number of hydrazone groups is 1. The van der Waals surface area contributed by atoms with Crippen molar-refractivity contribution in [3.63, 3.8) is 0 Å². The van der Waals surface area contributed by atoms with Gasteiger partial charge in [0.2, 0.25) is 5.91 Å². The van der Waals surface area contributed by atoms with Gasteiger partial charge in [0.15, 0.2) is 6.61 Å². The molecule has 100 valence electrons. The number of hydrogen-bond acceptors (Lipinski definition) is 4. The van der Waals surface area contributed by atoms with Gasteiger partial charge in [0, 0.05) is 5.92 Å². The summed E-state index contributed by atoms with van der Waals surface area (Å²) >= 11 is 0. The van der Waals surface area contributed by atoms with Crippen molar-refractivity contribution in [2.45, 2.75) is 12.8 Å². The lowest BCUT2D eigenvalue weighted by molar-refractivity contribution is -0.139. The molecule has 1 fully saturated rings. The Labute approximate surface area is 110 Å². The molecule has 1 aliphatic rings. The number of aliphatic carboxylic acids is 1. The van der Waals surface area contributed by atoms with Gasteiger partial charge in [-0.25, -0.2) is 10.2 Å². The van der Waals surface area contributed by atoms with Gasteiger partial charge in [-0.2, -0.15) is 5.10 Å². The first-order valence-corrected chi connectivity index (χ1v) is 5.93. The number of rotatable bonds is 6. The molecule has 1 saturated carbocycles. The van der Waals surface area contributed by atoms with Crippen molar-refractivity contribution in [2.24, 2.45) is 11.0 Å². The lowest BCUT2D eigenvalue weighted by atomic mass is 10.2. The van der Waals surface area contributed by atoms with Crippen molar-refractivity contribution in [3.05, 3.63) is 29.8 Å². The van der Waals surface area contributed by atoms with Crippen LogP contribution in [0.5, 0.6) is 5.75 Å². The molecule has 0 saturated heterocycles. The predicted molar refractivity (Wildman–Crippen MR) is 68.0 cm³/mol. The van der Waals surface area contributed by atoms with E-state index in [9.17, 15) is 9.59 Å². The zero-order valence-electron chi connectivity index (χ0n) is 10.2. The summed E-state index contributed by atoms with van der Waals surface area (Å²) in [7, 11) is 0. The molecular weight excluding hydrogens is 248 g/mol. The van der Waals surface area contributed by atoms with E-state index in [-0.39, 0.29) is 18.4 Å². The summed E-state index contributed by atoms with van der Waals surface area (Å²) in [4.78, 5) is 21.6. The molecule has 0 spiro atoms. The minimum atomic E-state index is -1.02. The molecule has 1 amide bonds. The first-order chi connectivity index (χ1) is 9.15. The quantitative estimate of drug-likeness (QED) is 0.591. The summed E-state index contributed by atoms with van der Waals surface area (Å²) in [6, 6.07) is 6.74. The Morgan fingerprint density at radius 2 is 2.05 bits per heavy atom. The summed E-state index contributed by atoms with van der Waals surface area (Å²) in [6.45, 7) is -0.370. The van der Waals surface area contributed by atoms with Crippen LogP contribution in [0.3, 0.4) is 0 Å². The number of hydrogen-bond donors (Lipinski definition) is 2. The summed E-state index contributed by atoms with van der Waals surface area (Å²) in [5.74, 6) is -0.461. The maximum Gasteiger partial charge on any atom is 0.341 e. The van der Waals surface area contributed by atoms with E-state index in [1.54, 1.807) is 24.3 Å². The van der Waals surface area contributed by atoms with E-state index < -0.39 is 5.97 Å². The highest BCUT2D eigenvalue weighted by atomic mass is 16.5. The Kier molecular flexibility index (Phi) is 4.12. The van der Waals surface area contributed by atoms with Crippen LogP contribution < -0.4 is 10.2 Å². The molecule has 6 heteroatoms. The van der Waals surface area contributed by atoms with Crippen LogP contribution in [0.15, 0.2) is 29.4 Å². The first kappa shape index (κ1) is 13.1. The topological polar surface area (TPSA) is 88.0 Å². The number of carboxylic acids is 1. The van der Waals surface area contributed by atoms with E-state index in [2.05, 4.69) is 10.5 Å². The van der Waals surface area contributed by atoms with Crippen molar-refractivity contribution in [3.8, 4) is 5.75 Å². The van der Waals surface area contributed by atoms with E-state index >= 15 is 0 Å². The monoisotopic (exact) mass is 262 g/mol. The van der Waals surface area contributed by atoms with Crippen LogP contribution in [0.2, 0.25) is 0 Å². The zero-order valence-corrected chi connectivity index (χ0v) is 10.2. The minimum absolute atomic E-state index is 0.0438. The number of nitrogens with one attached hydrogen (secondary N) is 1. The van der Waals surface area contributed by atoms with Crippen molar-refractivity contribution < 1.29 is 19.4 Å². The molecule has 1 aromatic carbocycles. The Morgan fingerprint density at radius 3 is 2.63 bits per heavy atom. The number of benzene rings is 1. The highest BCUT2D eigenvalue weighted by molar-refractivity contribution is 5.84. The Bertz CT molecular complexity index is 492. The van der Waals surface area contributed by atoms with Gasteiger partial charge in [-0.15, -0.1) is 0 Å². The maximum absolute atomic E-state index is 11.3. The Balaban J connectivity index is 1.81. The number of carboxylic acid groups (broad SMARTS) is 1. The van der Waals surface area contributed by atoms with Gasteiger partial charge >= 0.3 is 5.97 Å². The van der Waals surface area contributed by atoms with Gasteiger partial charge in [-0.1, -0.05) is 0 Å². The standard InChI is InChI=1S/C13H14N2O4/c16-12(17)8-19-11-5-1-9(2-6-11)7-14-15-13(18)10-3-4-10/h1-2,5-7,10H,3-4,8H2,(H,15,18)(H,16,17)/b14-7-. The average molecular weight is 262 g/mol. The van der Waals surface area contributed by atoms with E-state index in [1.165, 1.54) is 6.21 Å².